The smallest absolute Gasteiger partial charge is 0.262 e. The van der Waals surface area contributed by atoms with Gasteiger partial charge < -0.3 is 0 Å². The minimum Gasteiger partial charge on any atom is -0.277 e. The highest BCUT2D eigenvalue weighted by molar-refractivity contribution is 5.81. The lowest BCUT2D eigenvalue weighted by Gasteiger charge is -2.12. The number of rotatable bonds is 6. The number of anilines is 1. The van der Waals surface area contributed by atoms with Crippen LogP contribution in [0.25, 0.3) is 10.9 Å². The van der Waals surface area contributed by atoms with E-state index in [1.54, 1.807) is 10.8 Å². The molecular formula is C20H22N4O. The summed E-state index contributed by atoms with van der Waals surface area (Å²) in [5.74, 6) is 0.473. The second kappa shape index (κ2) is 7.75. The number of nitrogens with one attached hydrogen (secondary N) is 1. The number of hydrazone groups is 1. The van der Waals surface area contributed by atoms with Gasteiger partial charge in [-0.25, -0.2) is 10.4 Å². The second-order valence-electron chi connectivity index (χ2n) is 6.04. The zero-order valence-corrected chi connectivity index (χ0v) is 14.6. The molecular weight excluding hydrogens is 312 g/mol. The van der Waals surface area contributed by atoms with Gasteiger partial charge in [-0.1, -0.05) is 55.3 Å². The Morgan fingerprint density at radius 3 is 2.68 bits per heavy atom. The average Bonchev–Trinajstić information content (AvgIpc) is 2.63. The van der Waals surface area contributed by atoms with E-state index in [0.717, 1.165) is 18.4 Å². The number of hydrogen-bond donors (Lipinski definition) is 1. The highest BCUT2D eigenvalue weighted by Gasteiger charge is 2.09. The molecule has 0 radical (unpaired) electrons. The van der Waals surface area contributed by atoms with Crippen molar-refractivity contribution < 1.29 is 0 Å². The maximum atomic E-state index is 12.8. The molecule has 0 saturated carbocycles. The predicted octanol–water partition coefficient (Wildman–Crippen LogP) is 3.95. The molecule has 0 fully saturated rings. The molecule has 1 N–H and O–H groups in total. The van der Waals surface area contributed by atoms with Crippen molar-refractivity contribution in [3.05, 3.63) is 70.0 Å². The van der Waals surface area contributed by atoms with Crippen molar-refractivity contribution in [2.75, 3.05) is 5.43 Å². The number of unbranched alkanes of at least 4 members (excludes halogenated alkanes) is 1. The molecule has 0 spiro atoms. The van der Waals surface area contributed by atoms with Gasteiger partial charge in [-0.3, -0.25) is 9.36 Å². The number of aromatic nitrogens is 2. The molecule has 1 heterocycles. The molecule has 3 rings (SSSR count). The Labute approximate surface area is 147 Å². The van der Waals surface area contributed by atoms with Crippen LogP contribution in [0.1, 0.15) is 30.9 Å². The first-order valence-electron chi connectivity index (χ1n) is 8.54. The van der Waals surface area contributed by atoms with E-state index in [9.17, 15) is 4.79 Å². The van der Waals surface area contributed by atoms with Crippen LogP contribution in [0.2, 0.25) is 0 Å². The first kappa shape index (κ1) is 16.9. The Morgan fingerprint density at radius 2 is 1.92 bits per heavy atom. The standard InChI is InChI=1S/C20H22N4O/c1-3-4-13-24-19(25)17-7-5-6-8-18(17)22-20(24)23-21-14-16-11-9-15(2)10-12-16/h5-12,14H,3-4,13H2,1-2H3,(H,22,23)/b21-14+. The van der Waals surface area contributed by atoms with Gasteiger partial charge in [0.25, 0.3) is 5.56 Å². The van der Waals surface area contributed by atoms with E-state index in [0.29, 0.717) is 23.4 Å². The molecule has 0 aliphatic rings. The normalized spacial score (nSPS) is 11.3. The summed E-state index contributed by atoms with van der Waals surface area (Å²) >= 11 is 0. The summed E-state index contributed by atoms with van der Waals surface area (Å²) in [6.07, 6.45) is 3.65. The molecule has 0 aliphatic carbocycles. The van der Waals surface area contributed by atoms with Crippen LogP contribution in [0.5, 0.6) is 0 Å². The van der Waals surface area contributed by atoms with Crippen molar-refractivity contribution in [1.82, 2.24) is 9.55 Å². The van der Waals surface area contributed by atoms with E-state index in [1.165, 1.54) is 5.56 Å². The average molecular weight is 334 g/mol. The van der Waals surface area contributed by atoms with Crippen LogP contribution in [0.4, 0.5) is 5.95 Å². The fourth-order valence-electron chi connectivity index (χ4n) is 2.59. The molecule has 5 nitrogen and oxygen atoms in total. The number of benzene rings is 2. The summed E-state index contributed by atoms with van der Waals surface area (Å²) in [4.78, 5) is 17.3. The SMILES string of the molecule is CCCCn1c(N/N=C/c2ccc(C)cc2)nc2ccccc2c1=O. The van der Waals surface area contributed by atoms with Gasteiger partial charge in [0, 0.05) is 6.54 Å². The second-order valence-corrected chi connectivity index (χ2v) is 6.04. The molecule has 0 aliphatic heterocycles. The third-order valence-corrected chi connectivity index (χ3v) is 4.05. The van der Waals surface area contributed by atoms with Gasteiger partial charge in [-0.15, -0.1) is 0 Å². The molecule has 5 heteroatoms. The third kappa shape index (κ3) is 3.94. The molecule has 0 bridgehead atoms. The summed E-state index contributed by atoms with van der Waals surface area (Å²) in [7, 11) is 0. The molecule has 25 heavy (non-hydrogen) atoms. The number of nitrogens with zero attached hydrogens (tertiary/aromatic N) is 3. The minimum atomic E-state index is -0.0351. The first-order chi connectivity index (χ1) is 12.2. The third-order valence-electron chi connectivity index (χ3n) is 4.05. The lowest BCUT2D eigenvalue weighted by molar-refractivity contribution is 0.614. The Hall–Kier alpha value is -2.95. The maximum Gasteiger partial charge on any atom is 0.262 e. The van der Waals surface area contributed by atoms with Crippen molar-refractivity contribution in [2.24, 2.45) is 5.10 Å². The zero-order chi connectivity index (χ0) is 17.6. The molecule has 0 saturated heterocycles. The van der Waals surface area contributed by atoms with E-state index in [4.69, 9.17) is 0 Å². The first-order valence-corrected chi connectivity index (χ1v) is 8.54. The van der Waals surface area contributed by atoms with Crippen molar-refractivity contribution in [3.63, 3.8) is 0 Å². The monoisotopic (exact) mass is 334 g/mol. The molecule has 0 unspecified atom stereocenters. The minimum absolute atomic E-state index is 0.0351. The molecule has 0 amide bonds. The summed E-state index contributed by atoms with van der Waals surface area (Å²) < 4.78 is 1.66. The Kier molecular flexibility index (Phi) is 5.23. The van der Waals surface area contributed by atoms with Gasteiger partial charge in [0.1, 0.15) is 0 Å². The Morgan fingerprint density at radius 1 is 1.16 bits per heavy atom. The van der Waals surface area contributed by atoms with Crippen molar-refractivity contribution >= 4 is 23.1 Å². The Balaban J connectivity index is 1.93. The van der Waals surface area contributed by atoms with Gasteiger partial charge in [-0.05, 0) is 31.0 Å². The van der Waals surface area contributed by atoms with Gasteiger partial charge in [0.15, 0.2) is 0 Å². The molecule has 2 aromatic carbocycles. The van der Waals surface area contributed by atoms with Crippen LogP contribution >= 0.6 is 0 Å². The summed E-state index contributed by atoms with van der Waals surface area (Å²) in [5, 5.41) is 4.89. The van der Waals surface area contributed by atoms with E-state index in [1.807, 2.05) is 55.5 Å². The Bertz CT molecular complexity index is 942. The number of fused-ring (bicyclic) bond motifs is 1. The maximum absolute atomic E-state index is 12.8. The molecule has 1 aromatic heterocycles. The highest BCUT2D eigenvalue weighted by atomic mass is 16.1. The van der Waals surface area contributed by atoms with Crippen LogP contribution < -0.4 is 11.0 Å². The lowest BCUT2D eigenvalue weighted by atomic mass is 10.2. The predicted molar refractivity (Wildman–Crippen MR) is 103 cm³/mol. The van der Waals surface area contributed by atoms with E-state index in [-0.39, 0.29) is 5.56 Å². The van der Waals surface area contributed by atoms with Crippen molar-refractivity contribution in [1.29, 1.82) is 0 Å². The van der Waals surface area contributed by atoms with Crippen molar-refractivity contribution in [3.8, 4) is 0 Å². The fraction of sp³-hybridized carbons (Fsp3) is 0.250. The quantitative estimate of drug-likeness (QED) is 0.548. The van der Waals surface area contributed by atoms with Gasteiger partial charge in [0.05, 0.1) is 17.1 Å². The van der Waals surface area contributed by atoms with Crippen LogP contribution in [0, 0.1) is 6.92 Å². The fourth-order valence-corrected chi connectivity index (χ4v) is 2.59. The number of para-hydroxylation sites is 1. The molecule has 128 valence electrons. The summed E-state index contributed by atoms with van der Waals surface area (Å²) in [5.41, 5.74) is 5.77. The van der Waals surface area contributed by atoms with Gasteiger partial charge in [0.2, 0.25) is 5.95 Å². The summed E-state index contributed by atoms with van der Waals surface area (Å²) in [6, 6.07) is 15.5. The molecule has 0 atom stereocenters. The summed E-state index contributed by atoms with van der Waals surface area (Å²) in [6.45, 7) is 4.77. The number of aryl methyl sites for hydroxylation is 1. The van der Waals surface area contributed by atoms with Crippen LogP contribution in [-0.4, -0.2) is 15.8 Å². The molecule has 3 aromatic rings. The van der Waals surface area contributed by atoms with Crippen LogP contribution in [0.15, 0.2) is 58.4 Å². The topological polar surface area (TPSA) is 59.3 Å². The van der Waals surface area contributed by atoms with E-state index in [2.05, 4.69) is 22.4 Å². The van der Waals surface area contributed by atoms with Crippen LogP contribution in [0.3, 0.4) is 0 Å². The lowest BCUT2D eigenvalue weighted by Crippen LogP contribution is -2.24. The zero-order valence-electron chi connectivity index (χ0n) is 14.6. The van der Waals surface area contributed by atoms with Crippen molar-refractivity contribution in [2.45, 2.75) is 33.2 Å². The highest BCUT2D eigenvalue weighted by Crippen LogP contribution is 2.12. The van der Waals surface area contributed by atoms with Gasteiger partial charge in [-0.2, -0.15) is 5.10 Å². The largest absolute Gasteiger partial charge is 0.277 e. The van der Waals surface area contributed by atoms with E-state index < -0.39 is 0 Å². The van der Waals surface area contributed by atoms with Crippen LogP contribution in [-0.2, 0) is 6.54 Å². The number of hydrogen-bond acceptors (Lipinski definition) is 4. The van der Waals surface area contributed by atoms with Gasteiger partial charge >= 0.3 is 0 Å². The van der Waals surface area contributed by atoms with E-state index >= 15 is 0 Å².